The van der Waals surface area contributed by atoms with Gasteiger partial charge in [0.15, 0.2) is 9.84 Å². The van der Waals surface area contributed by atoms with Gasteiger partial charge in [-0.15, -0.1) is 5.26 Å². The minimum Gasteiger partial charge on any atom is -0.387 e. The van der Waals surface area contributed by atoms with Gasteiger partial charge in [-0.1, -0.05) is 12.1 Å². The van der Waals surface area contributed by atoms with Gasteiger partial charge in [-0.2, -0.15) is 0 Å². The second-order valence-electron chi connectivity index (χ2n) is 14.9. The molecule has 50 heavy (non-hydrogen) atoms. The van der Waals surface area contributed by atoms with Crippen LogP contribution < -0.4 is 15.2 Å². The number of aryl methyl sites for hydroxylation is 4. The number of amides is 1. The number of ether oxygens (including phenoxy) is 1. The van der Waals surface area contributed by atoms with Crippen LogP contribution in [0.5, 0.6) is 5.75 Å². The first-order valence-electron chi connectivity index (χ1n) is 18.1. The number of primary sulfonamides is 1. The van der Waals surface area contributed by atoms with E-state index >= 15 is 0 Å². The maximum absolute atomic E-state index is 12.6. The van der Waals surface area contributed by atoms with Crippen molar-refractivity contribution in [1.29, 1.82) is 5.26 Å². The van der Waals surface area contributed by atoms with Gasteiger partial charge >= 0.3 is 0 Å². The third kappa shape index (κ3) is 8.20. The number of sulfone groups is 1. The number of nitrogens with two attached hydrogens (primary N) is 1. The van der Waals surface area contributed by atoms with E-state index in [-0.39, 0.29) is 11.2 Å². The van der Waals surface area contributed by atoms with Crippen LogP contribution in [-0.4, -0.2) is 89.1 Å². The minimum atomic E-state index is -3.39. The molecule has 0 aromatic heterocycles. The quantitative estimate of drug-likeness (QED) is 0.426. The molecule has 0 spiro atoms. The summed E-state index contributed by atoms with van der Waals surface area (Å²) in [5, 5.41) is 15.9. The van der Waals surface area contributed by atoms with Gasteiger partial charge in [0.25, 0.3) is 6.26 Å². The first kappa shape index (κ1) is 36.8. The fraction of sp³-hybridized carbons (Fsp3) is 0.622. The highest BCUT2D eigenvalue weighted by Crippen LogP contribution is 2.40. The zero-order chi connectivity index (χ0) is 35.6. The van der Waals surface area contributed by atoms with E-state index in [1.165, 1.54) is 57.3 Å². The van der Waals surface area contributed by atoms with Gasteiger partial charge < -0.3 is 19.9 Å². The first-order chi connectivity index (χ1) is 23.8. The lowest BCUT2D eigenvalue weighted by Gasteiger charge is -2.17. The Labute approximate surface area is 297 Å². The van der Waals surface area contributed by atoms with Crippen LogP contribution in [0.4, 0.5) is 5.69 Å². The minimum absolute atomic E-state index is 0.336. The molecule has 2 aliphatic heterocycles. The highest BCUT2D eigenvalue weighted by Gasteiger charge is 2.34. The highest BCUT2D eigenvalue weighted by molar-refractivity contribution is 7.92. The monoisotopic (exact) mass is 725 g/mol. The molecule has 4 aliphatic carbocycles. The molecule has 0 saturated carbocycles. The van der Waals surface area contributed by atoms with Crippen molar-refractivity contribution in [3.05, 3.63) is 56.6 Å². The third-order valence-corrected chi connectivity index (χ3v) is 14.7. The molecule has 2 heterocycles. The molecule has 2 atom stereocenters. The largest absolute Gasteiger partial charge is 0.387 e. The van der Waals surface area contributed by atoms with Crippen LogP contribution in [0.1, 0.15) is 83.0 Å². The molecule has 2 aromatic rings. The zero-order valence-corrected chi connectivity index (χ0v) is 31.1. The van der Waals surface area contributed by atoms with Crippen molar-refractivity contribution in [2.24, 2.45) is 5.14 Å². The number of hydrogen-bond donors (Lipinski definition) is 2. The molecule has 0 radical (unpaired) electrons. The second-order valence-corrected chi connectivity index (χ2v) is 19.0. The molecular weight excluding hydrogens is 675 g/mol. The van der Waals surface area contributed by atoms with Gasteiger partial charge in [-0.3, -0.25) is 4.79 Å². The summed E-state index contributed by atoms with van der Waals surface area (Å²) in [6.45, 7) is 2.73. The van der Waals surface area contributed by atoms with Crippen molar-refractivity contribution in [2.75, 3.05) is 51.3 Å². The first-order valence-corrected chi connectivity index (χ1v) is 21.5. The fourth-order valence-corrected chi connectivity index (χ4v) is 11.2. The average molecular weight is 726 g/mol. The van der Waals surface area contributed by atoms with E-state index in [9.17, 15) is 21.6 Å². The van der Waals surface area contributed by atoms with Gasteiger partial charge in [-0.25, -0.2) is 22.0 Å². The lowest BCUT2D eigenvalue weighted by Crippen LogP contribution is -2.33. The van der Waals surface area contributed by atoms with Crippen molar-refractivity contribution in [1.82, 2.24) is 9.80 Å². The van der Waals surface area contributed by atoms with Gasteiger partial charge in [0.1, 0.15) is 11.5 Å². The molecule has 13 heteroatoms. The number of nitrogens with zero attached hydrogens (tertiary/aromatic N) is 3. The molecule has 11 nitrogen and oxygen atoms in total. The molecule has 3 N–H and O–H groups in total. The highest BCUT2D eigenvalue weighted by atomic mass is 32.2. The summed E-state index contributed by atoms with van der Waals surface area (Å²) in [4.78, 5) is 16.5. The van der Waals surface area contributed by atoms with Crippen LogP contribution in [0.15, 0.2) is 12.1 Å². The molecule has 2 aromatic carbocycles. The number of fused-ring (bicyclic) bond motifs is 4. The molecule has 8 rings (SSSR count). The van der Waals surface area contributed by atoms with E-state index in [2.05, 4.69) is 17.4 Å². The summed E-state index contributed by atoms with van der Waals surface area (Å²) in [5.74, 6) is 0.133. The number of rotatable bonds is 6. The Hall–Kier alpha value is -3.02. The summed E-state index contributed by atoms with van der Waals surface area (Å²) < 4.78 is 51.8. The Morgan fingerprint density at radius 3 is 1.62 bits per heavy atom. The van der Waals surface area contributed by atoms with Crippen LogP contribution in [0.3, 0.4) is 0 Å². The van der Waals surface area contributed by atoms with E-state index in [0.717, 1.165) is 88.7 Å². The maximum atomic E-state index is 12.6. The van der Waals surface area contributed by atoms with Crippen LogP contribution in [0.2, 0.25) is 0 Å². The van der Waals surface area contributed by atoms with E-state index in [1.807, 2.05) is 30.2 Å². The Balaban J connectivity index is 0.000000146. The number of anilines is 1. The summed E-state index contributed by atoms with van der Waals surface area (Å²) in [5.41, 5.74) is 11.5. The lowest BCUT2D eigenvalue weighted by molar-refractivity contribution is -0.113. The molecule has 1 amide bonds. The zero-order valence-electron chi connectivity index (χ0n) is 29.4. The van der Waals surface area contributed by atoms with Gasteiger partial charge in [0.05, 0.1) is 10.5 Å². The van der Waals surface area contributed by atoms with Crippen LogP contribution in [0, 0.1) is 11.5 Å². The maximum Gasteiger partial charge on any atom is 0.292 e. The molecule has 2 unspecified atom stereocenters. The normalized spacial score (nSPS) is 22.4. The Kier molecular flexibility index (Phi) is 11.2. The summed E-state index contributed by atoms with van der Waals surface area (Å²) in [7, 11) is -2.85. The van der Waals surface area contributed by atoms with E-state index in [0.29, 0.717) is 25.9 Å². The second kappa shape index (κ2) is 15.3. The van der Waals surface area contributed by atoms with Crippen LogP contribution >= 0.6 is 0 Å². The summed E-state index contributed by atoms with van der Waals surface area (Å²) >= 11 is 0. The van der Waals surface area contributed by atoms with Crippen molar-refractivity contribution in [2.45, 2.75) is 100 Å². The molecule has 2 fully saturated rings. The molecule has 2 saturated heterocycles. The Morgan fingerprint density at radius 2 is 1.22 bits per heavy atom. The predicted molar refractivity (Wildman–Crippen MR) is 195 cm³/mol. The number of carbonyl (C=O) groups excluding carboxylic acids is 1. The average Bonchev–Trinajstić information content (AvgIpc) is 3.88. The molecule has 272 valence electrons. The standard InChI is InChI=1S/C19H26N2O3S.C13H13NO.C5H12N2O2S/c1-21-9-8-15(11-21)25(23,24)12-18(22)20-19-16-6-2-4-13(16)10-14-5-3-7-17(14)19;14-8-15-13-11-5-1-3-9(11)7-10-4-2-6-12(10)13;1-7-3-2-5(4-7)10(6,8)9/h10,15H,2-9,11-12H2,1H3,(H,20,22);7H,1-6H2;5H,2-4H2,1H3,(H2,6,8,9). The Bertz CT molecular complexity index is 1820. The van der Waals surface area contributed by atoms with Gasteiger partial charge in [0.2, 0.25) is 15.9 Å². The van der Waals surface area contributed by atoms with E-state index in [4.69, 9.17) is 15.1 Å². The van der Waals surface area contributed by atoms with E-state index in [1.54, 1.807) is 0 Å². The molecule has 6 aliphatic rings. The summed E-state index contributed by atoms with van der Waals surface area (Å²) in [6.07, 6.45) is 16.4. The lowest BCUT2D eigenvalue weighted by atomic mass is 9.98. The third-order valence-electron chi connectivity index (χ3n) is 11.3. The van der Waals surface area contributed by atoms with Crippen molar-refractivity contribution < 1.29 is 26.4 Å². The van der Waals surface area contributed by atoms with Crippen LogP contribution in [-0.2, 0) is 76.0 Å². The number of nitriles is 1. The van der Waals surface area contributed by atoms with Crippen molar-refractivity contribution >= 4 is 31.5 Å². The number of likely N-dealkylation sites (tertiary alicyclic amines) is 2. The molecule has 0 bridgehead atoms. The molecular formula is C37H51N5O6S2. The smallest absolute Gasteiger partial charge is 0.292 e. The van der Waals surface area contributed by atoms with Gasteiger partial charge in [0, 0.05) is 18.8 Å². The topological polar surface area (TPSA) is 163 Å². The van der Waals surface area contributed by atoms with E-state index < -0.39 is 30.9 Å². The van der Waals surface area contributed by atoms with Crippen molar-refractivity contribution in [3.8, 4) is 12.0 Å². The van der Waals surface area contributed by atoms with Crippen LogP contribution in [0.25, 0.3) is 0 Å². The van der Waals surface area contributed by atoms with Crippen molar-refractivity contribution in [3.63, 3.8) is 0 Å². The summed E-state index contributed by atoms with van der Waals surface area (Å²) in [6, 6.07) is 4.65. The SMILES string of the molecule is CN1CCC(S(=O)(=O)CC(=O)Nc2c3c(cc4c2CCC4)CCC3)C1.CN1CCC(S(N)(=O)=O)C1.N#COc1c2c(cc3c1CCC3)CCC2. The number of sulfonamides is 1. The Morgan fingerprint density at radius 1 is 0.780 bits per heavy atom. The number of benzene rings is 2. The number of carbonyl (C=O) groups is 1. The predicted octanol–water partition coefficient (Wildman–Crippen LogP) is 3.22. The van der Waals surface area contributed by atoms with Gasteiger partial charge in [-0.05, 0) is 162 Å². The number of hydrogen-bond acceptors (Lipinski definition) is 9. The number of nitrogens with one attached hydrogen (secondary N) is 1. The fourth-order valence-electron chi connectivity index (χ4n) is 8.73.